The maximum absolute atomic E-state index is 13.8. The van der Waals surface area contributed by atoms with Crippen LogP contribution in [-0.2, 0) is 15.4 Å². The number of hydrogen-bond acceptors (Lipinski definition) is 4. The molecule has 1 aromatic heterocycles. The van der Waals surface area contributed by atoms with Gasteiger partial charge in [-0.25, -0.2) is 12.8 Å². The topological polar surface area (TPSA) is 76.1 Å². The van der Waals surface area contributed by atoms with Crippen LogP contribution >= 0.6 is 0 Å². The Kier molecular flexibility index (Phi) is 5.53. The van der Waals surface area contributed by atoms with Crippen molar-refractivity contribution in [2.24, 2.45) is 0 Å². The summed E-state index contributed by atoms with van der Waals surface area (Å²) in [6.07, 6.45) is 2.88. The van der Waals surface area contributed by atoms with E-state index in [1.54, 1.807) is 12.1 Å². The normalized spacial score (nSPS) is 11.9. The van der Waals surface area contributed by atoms with Crippen LogP contribution in [0.5, 0.6) is 0 Å². The molecule has 0 atom stereocenters. The van der Waals surface area contributed by atoms with Crippen LogP contribution < -0.4 is 4.72 Å². The Morgan fingerprint density at radius 3 is 2.17 bits per heavy atom. The highest BCUT2D eigenvalue weighted by Gasteiger charge is 2.21. The zero-order valence-electron chi connectivity index (χ0n) is 16.3. The molecule has 0 saturated heterocycles. The average molecular weight is 412 g/mol. The molecule has 0 bridgehead atoms. The molecule has 5 nitrogen and oxygen atoms in total. The first-order valence-corrected chi connectivity index (χ1v) is 10.4. The lowest BCUT2D eigenvalue weighted by atomic mass is 9.87. The first kappa shape index (κ1) is 20.7. The number of anilines is 1. The van der Waals surface area contributed by atoms with Gasteiger partial charge < -0.3 is 0 Å². The number of halogens is 1. The quantitative estimate of drug-likeness (QED) is 0.624. The van der Waals surface area contributed by atoms with E-state index in [1.165, 1.54) is 42.7 Å². The van der Waals surface area contributed by atoms with E-state index in [0.717, 1.165) is 17.7 Å². The van der Waals surface area contributed by atoms with E-state index in [2.05, 4.69) is 9.71 Å². The molecule has 0 aliphatic heterocycles. The lowest BCUT2D eigenvalue weighted by Crippen LogP contribution is -2.17. The minimum atomic E-state index is -3.96. The molecule has 7 heteroatoms. The number of pyridine rings is 1. The molecule has 150 valence electrons. The van der Waals surface area contributed by atoms with Crippen molar-refractivity contribution in [1.82, 2.24) is 4.98 Å². The van der Waals surface area contributed by atoms with Crippen LogP contribution in [0.2, 0.25) is 0 Å². The number of carbonyl (C=O) groups is 1. The lowest BCUT2D eigenvalue weighted by molar-refractivity contribution is 0.103. The van der Waals surface area contributed by atoms with Gasteiger partial charge in [0, 0.05) is 23.5 Å². The summed E-state index contributed by atoms with van der Waals surface area (Å²) in [5.74, 6) is -1.15. The number of sulfonamides is 1. The van der Waals surface area contributed by atoms with Crippen molar-refractivity contribution < 1.29 is 17.6 Å². The summed E-state index contributed by atoms with van der Waals surface area (Å²) in [5.41, 5.74) is 1.09. The molecule has 0 aliphatic rings. The highest BCUT2D eigenvalue weighted by molar-refractivity contribution is 7.92. The van der Waals surface area contributed by atoms with Crippen molar-refractivity contribution in [3.8, 4) is 0 Å². The molecule has 29 heavy (non-hydrogen) atoms. The van der Waals surface area contributed by atoms with Crippen molar-refractivity contribution in [3.63, 3.8) is 0 Å². The Bertz CT molecular complexity index is 1140. The molecule has 0 radical (unpaired) electrons. The van der Waals surface area contributed by atoms with Gasteiger partial charge in [0.2, 0.25) is 0 Å². The predicted molar refractivity (Wildman–Crippen MR) is 110 cm³/mol. The van der Waals surface area contributed by atoms with E-state index in [0.29, 0.717) is 0 Å². The van der Waals surface area contributed by atoms with Crippen LogP contribution in [0.1, 0.15) is 42.3 Å². The van der Waals surface area contributed by atoms with Crippen LogP contribution in [0.25, 0.3) is 0 Å². The van der Waals surface area contributed by atoms with E-state index in [9.17, 15) is 17.6 Å². The van der Waals surface area contributed by atoms with Gasteiger partial charge in [0.25, 0.3) is 10.0 Å². The maximum Gasteiger partial charge on any atom is 0.261 e. The molecular formula is C22H21FN2O3S. The molecule has 0 unspecified atom stereocenters. The second kappa shape index (κ2) is 7.75. The fourth-order valence-electron chi connectivity index (χ4n) is 2.79. The Labute approximate surface area is 169 Å². The second-order valence-corrected chi connectivity index (χ2v) is 9.32. The minimum absolute atomic E-state index is 0.00751. The standard InChI is InChI=1S/C22H21FN2O3S/c1-22(2,3)16-4-7-18(8-5-16)29(27,28)25-20-9-6-17(23)14-19(20)21(26)15-10-12-24-13-11-15/h4-14,25H,1-3H3. The van der Waals surface area contributed by atoms with Crippen LogP contribution in [0.3, 0.4) is 0 Å². The molecule has 0 aliphatic carbocycles. The lowest BCUT2D eigenvalue weighted by Gasteiger charge is -2.19. The first-order chi connectivity index (χ1) is 13.6. The van der Waals surface area contributed by atoms with E-state index in [4.69, 9.17) is 0 Å². The van der Waals surface area contributed by atoms with Gasteiger partial charge in [0.1, 0.15) is 5.82 Å². The third-order valence-electron chi connectivity index (χ3n) is 4.44. The van der Waals surface area contributed by atoms with Crippen LogP contribution in [0.15, 0.2) is 71.9 Å². The Morgan fingerprint density at radius 1 is 0.966 bits per heavy atom. The second-order valence-electron chi connectivity index (χ2n) is 7.63. The van der Waals surface area contributed by atoms with Crippen LogP contribution in [0.4, 0.5) is 10.1 Å². The highest BCUT2D eigenvalue weighted by Crippen LogP contribution is 2.26. The molecule has 2 aromatic carbocycles. The summed E-state index contributed by atoms with van der Waals surface area (Å²) in [6.45, 7) is 6.10. The van der Waals surface area contributed by atoms with Crippen molar-refractivity contribution in [1.29, 1.82) is 0 Å². The number of benzene rings is 2. The number of carbonyl (C=O) groups excluding carboxylic acids is 1. The molecular weight excluding hydrogens is 391 g/mol. The number of rotatable bonds is 5. The Hall–Kier alpha value is -3.06. The monoisotopic (exact) mass is 412 g/mol. The smallest absolute Gasteiger partial charge is 0.261 e. The SMILES string of the molecule is CC(C)(C)c1ccc(S(=O)(=O)Nc2ccc(F)cc2C(=O)c2ccncc2)cc1. The number of nitrogens with one attached hydrogen (secondary N) is 1. The third kappa shape index (κ3) is 4.68. The zero-order chi connectivity index (χ0) is 21.2. The highest BCUT2D eigenvalue weighted by atomic mass is 32.2. The maximum atomic E-state index is 13.8. The number of nitrogens with zero attached hydrogens (tertiary/aromatic N) is 1. The molecule has 3 rings (SSSR count). The summed E-state index contributed by atoms with van der Waals surface area (Å²) < 4.78 is 41.9. The van der Waals surface area contributed by atoms with Gasteiger partial charge in [-0.3, -0.25) is 14.5 Å². The molecule has 3 aromatic rings. The number of aromatic nitrogens is 1. The van der Waals surface area contributed by atoms with Crippen molar-refractivity contribution in [3.05, 3.63) is 89.5 Å². The molecule has 0 saturated carbocycles. The predicted octanol–water partition coefficient (Wildman–Crippen LogP) is 4.55. The molecule has 0 fully saturated rings. The van der Waals surface area contributed by atoms with E-state index < -0.39 is 21.6 Å². The van der Waals surface area contributed by atoms with Gasteiger partial charge in [0.15, 0.2) is 5.78 Å². The summed E-state index contributed by atoms with van der Waals surface area (Å²) in [5, 5.41) is 0. The minimum Gasteiger partial charge on any atom is -0.289 e. The third-order valence-corrected chi connectivity index (χ3v) is 5.83. The van der Waals surface area contributed by atoms with Crippen molar-refractivity contribution >= 4 is 21.5 Å². The molecule has 0 amide bonds. The van der Waals surface area contributed by atoms with E-state index in [-0.39, 0.29) is 27.1 Å². The van der Waals surface area contributed by atoms with Crippen LogP contribution in [-0.4, -0.2) is 19.2 Å². The van der Waals surface area contributed by atoms with Gasteiger partial charge in [0.05, 0.1) is 10.6 Å². The van der Waals surface area contributed by atoms with E-state index >= 15 is 0 Å². The summed E-state index contributed by atoms with van der Waals surface area (Å²) in [4.78, 5) is 16.7. The summed E-state index contributed by atoms with van der Waals surface area (Å²) >= 11 is 0. The summed E-state index contributed by atoms with van der Waals surface area (Å²) in [7, 11) is -3.96. The van der Waals surface area contributed by atoms with Gasteiger partial charge in [-0.05, 0) is 53.4 Å². The Morgan fingerprint density at radius 2 is 1.59 bits per heavy atom. The van der Waals surface area contributed by atoms with Gasteiger partial charge in [-0.1, -0.05) is 32.9 Å². The molecule has 0 spiro atoms. The summed E-state index contributed by atoms with van der Waals surface area (Å²) in [6, 6.07) is 12.9. The van der Waals surface area contributed by atoms with Gasteiger partial charge >= 0.3 is 0 Å². The fourth-order valence-corrected chi connectivity index (χ4v) is 3.87. The fraction of sp³-hybridized carbons (Fsp3) is 0.182. The average Bonchev–Trinajstić information content (AvgIpc) is 2.69. The van der Waals surface area contributed by atoms with Gasteiger partial charge in [-0.2, -0.15) is 0 Å². The Balaban J connectivity index is 1.96. The number of hydrogen-bond donors (Lipinski definition) is 1. The van der Waals surface area contributed by atoms with E-state index in [1.807, 2.05) is 20.8 Å². The zero-order valence-corrected chi connectivity index (χ0v) is 17.1. The van der Waals surface area contributed by atoms with Crippen LogP contribution in [0, 0.1) is 5.82 Å². The molecule has 1 heterocycles. The largest absolute Gasteiger partial charge is 0.289 e. The number of ketones is 1. The van der Waals surface area contributed by atoms with Crippen molar-refractivity contribution in [2.75, 3.05) is 4.72 Å². The van der Waals surface area contributed by atoms with Gasteiger partial charge in [-0.15, -0.1) is 0 Å². The van der Waals surface area contributed by atoms with Crippen molar-refractivity contribution in [2.45, 2.75) is 31.1 Å². The molecule has 1 N–H and O–H groups in total. The first-order valence-electron chi connectivity index (χ1n) is 8.95.